The van der Waals surface area contributed by atoms with E-state index >= 15 is 0 Å². The van der Waals surface area contributed by atoms with Crippen LogP contribution >= 0.6 is 0 Å². The Morgan fingerprint density at radius 2 is 1.31 bits per heavy atom. The molecule has 0 saturated heterocycles. The SMILES string of the molecule is C/C=C(\C=C/CCC)C(/C)=C/c1c(C)n(-c2ccccc2)c2cccc(-c3cccc4c3c3c(n4-c4ccccc4)C=CC(c4ccccc4)C3)c12. The van der Waals surface area contributed by atoms with E-state index in [4.69, 9.17) is 0 Å². The Bertz CT molecular complexity index is 2500. The molecule has 0 bridgehead atoms. The lowest BCUT2D eigenvalue weighted by molar-refractivity contribution is 0.825. The topological polar surface area (TPSA) is 9.86 Å². The minimum absolute atomic E-state index is 0.315. The van der Waals surface area contributed by atoms with Crippen LogP contribution in [0.2, 0.25) is 0 Å². The molecule has 5 aromatic carbocycles. The lowest BCUT2D eigenvalue weighted by Gasteiger charge is -2.20. The van der Waals surface area contributed by atoms with Gasteiger partial charge in [-0.25, -0.2) is 0 Å². The molecule has 7 aromatic rings. The molecular weight excluding hydrogens is 629 g/mol. The molecular formula is C50H46N2. The molecule has 2 heteroatoms. The lowest BCUT2D eigenvalue weighted by atomic mass is 9.85. The van der Waals surface area contributed by atoms with Crippen molar-refractivity contribution in [3.63, 3.8) is 0 Å². The van der Waals surface area contributed by atoms with E-state index in [1.807, 2.05) is 0 Å². The molecule has 8 rings (SSSR count). The Hall–Kier alpha value is -5.86. The van der Waals surface area contributed by atoms with Crippen LogP contribution in [0.25, 0.3) is 56.5 Å². The number of allylic oxidation sites excluding steroid dienone is 6. The van der Waals surface area contributed by atoms with E-state index in [1.165, 1.54) is 83.5 Å². The maximum absolute atomic E-state index is 2.47. The number of fused-ring (bicyclic) bond motifs is 4. The van der Waals surface area contributed by atoms with Crippen molar-refractivity contribution in [3.05, 3.63) is 191 Å². The highest BCUT2D eigenvalue weighted by Crippen LogP contribution is 2.45. The van der Waals surface area contributed by atoms with Crippen molar-refractivity contribution in [1.29, 1.82) is 0 Å². The monoisotopic (exact) mass is 674 g/mol. The van der Waals surface area contributed by atoms with E-state index in [0.29, 0.717) is 5.92 Å². The summed E-state index contributed by atoms with van der Waals surface area (Å²) in [5.74, 6) is 0.315. The normalized spacial score (nSPS) is 14.9. The summed E-state index contributed by atoms with van der Waals surface area (Å²) in [4.78, 5) is 0. The van der Waals surface area contributed by atoms with Gasteiger partial charge in [0.15, 0.2) is 0 Å². The van der Waals surface area contributed by atoms with Gasteiger partial charge in [0.1, 0.15) is 0 Å². The molecule has 0 N–H and O–H groups in total. The van der Waals surface area contributed by atoms with Gasteiger partial charge in [0.05, 0.1) is 11.0 Å². The standard InChI is InChI=1S/C50H46N2/c1-5-7-11-20-37(6-2)35(3)33-44-36(4)51(40-23-14-9-15-24-40)47-29-18-27-42(49(44)47)43-28-19-30-48-50(43)45-34-39(38-21-12-8-13-22-38)31-32-46(45)52(48)41-25-16-10-17-26-41/h6,8-33,39H,5,7,34H2,1-4H3/b20-11-,35-33+,37-6+. The predicted octanol–water partition coefficient (Wildman–Crippen LogP) is 13.6. The van der Waals surface area contributed by atoms with Crippen LogP contribution in [0.4, 0.5) is 0 Å². The second-order valence-corrected chi connectivity index (χ2v) is 13.9. The molecule has 1 atom stereocenters. The molecule has 2 nitrogen and oxygen atoms in total. The average Bonchev–Trinajstić information content (AvgIpc) is 3.68. The second kappa shape index (κ2) is 14.4. The number of aromatic nitrogens is 2. The van der Waals surface area contributed by atoms with Gasteiger partial charge < -0.3 is 9.13 Å². The average molecular weight is 675 g/mol. The number of benzene rings is 5. The Morgan fingerprint density at radius 1 is 0.712 bits per heavy atom. The number of unbranched alkanes of at least 4 members (excludes halogenated alkanes) is 1. The van der Waals surface area contributed by atoms with Crippen molar-refractivity contribution < 1.29 is 0 Å². The number of hydrogen-bond acceptors (Lipinski definition) is 0. The molecule has 1 unspecified atom stereocenters. The minimum Gasteiger partial charge on any atom is -0.313 e. The summed E-state index contributed by atoms with van der Waals surface area (Å²) in [5.41, 5.74) is 16.5. The number of nitrogens with zero attached hydrogens (tertiary/aromatic N) is 2. The van der Waals surface area contributed by atoms with E-state index in [2.05, 4.69) is 201 Å². The summed E-state index contributed by atoms with van der Waals surface area (Å²) < 4.78 is 4.91. The zero-order valence-corrected chi connectivity index (χ0v) is 30.7. The maximum atomic E-state index is 2.47. The van der Waals surface area contributed by atoms with Gasteiger partial charge in [-0.05, 0) is 116 Å². The highest BCUT2D eigenvalue weighted by molar-refractivity contribution is 6.11. The molecule has 2 aromatic heterocycles. The summed E-state index contributed by atoms with van der Waals surface area (Å²) in [6.45, 7) is 8.91. The summed E-state index contributed by atoms with van der Waals surface area (Å²) in [6.07, 6.45) is 17.2. The van der Waals surface area contributed by atoms with Crippen molar-refractivity contribution in [2.24, 2.45) is 0 Å². The van der Waals surface area contributed by atoms with Gasteiger partial charge in [-0.3, -0.25) is 0 Å². The fourth-order valence-corrected chi connectivity index (χ4v) is 8.26. The second-order valence-electron chi connectivity index (χ2n) is 13.9. The molecule has 52 heavy (non-hydrogen) atoms. The third-order valence-corrected chi connectivity index (χ3v) is 10.8. The molecule has 0 amide bonds. The first-order valence-electron chi connectivity index (χ1n) is 18.7. The maximum Gasteiger partial charge on any atom is 0.0543 e. The summed E-state index contributed by atoms with van der Waals surface area (Å²) in [6, 6.07) is 46.4. The van der Waals surface area contributed by atoms with E-state index in [1.54, 1.807) is 0 Å². The minimum atomic E-state index is 0.315. The molecule has 1 aliphatic rings. The van der Waals surface area contributed by atoms with Gasteiger partial charge in [-0.15, -0.1) is 0 Å². The Labute approximate surface area is 308 Å². The van der Waals surface area contributed by atoms with E-state index in [9.17, 15) is 0 Å². The smallest absolute Gasteiger partial charge is 0.0543 e. The van der Waals surface area contributed by atoms with Crippen LogP contribution in [0, 0.1) is 6.92 Å². The van der Waals surface area contributed by atoms with Crippen molar-refractivity contribution in [3.8, 4) is 22.5 Å². The first-order chi connectivity index (χ1) is 25.6. The van der Waals surface area contributed by atoms with Gasteiger partial charge in [-0.1, -0.05) is 129 Å². The first-order valence-corrected chi connectivity index (χ1v) is 18.7. The van der Waals surface area contributed by atoms with Gasteiger partial charge in [0.2, 0.25) is 0 Å². The fourth-order valence-electron chi connectivity index (χ4n) is 8.26. The first kappa shape index (κ1) is 33.3. The van der Waals surface area contributed by atoms with E-state index in [-0.39, 0.29) is 0 Å². The van der Waals surface area contributed by atoms with Crippen LogP contribution in [0.3, 0.4) is 0 Å². The summed E-state index contributed by atoms with van der Waals surface area (Å²) in [5, 5.41) is 2.63. The Balaban J connectivity index is 1.42. The molecule has 2 heterocycles. The summed E-state index contributed by atoms with van der Waals surface area (Å²) >= 11 is 0. The number of para-hydroxylation sites is 2. The molecule has 0 radical (unpaired) electrons. The van der Waals surface area contributed by atoms with Crippen molar-refractivity contribution >= 4 is 34.0 Å². The molecule has 0 spiro atoms. The van der Waals surface area contributed by atoms with Crippen molar-refractivity contribution in [2.45, 2.75) is 52.9 Å². The fraction of sp³-hybridized carbons (Fsp3) is 0.160. The quantitative estimate of drug-likeness (QED) is 0.135. The van der Waals surface area contributed by atoms with Crippen molar-refractivity contribution in [1.82, 2.24) is 9.13 Å². The largest absolute Gasteiger partial charge is 0.313 e. The van der Waals surface area contributed by atoms with Crippen LogP contribution in [0.5, 0.6) is 0 Å². The zero-order valence-electron chi connectivity index (χ0n) is 30.7. The molecule has 0 aliphatic heterocycles. The lowest BCUT2D eigenvalue weighted by Crippen LogP contribution is -2.07. The molecule has 1 aliphatic carbocycles. The zero-order chi connectivity index (χ0) is 35.6. The number of rotatable bonds is 9. The Morgan fingerprint density at radius 3 is 1.94 bits per heavy atom. The molecule has 0 fully saturated rings. The van der Waals surface area contributed by atoms with Gasteiger partial charge in [0, 0.05) is 45.0 Å². The van der Waals surface area contributed by atoms with Crippen LogP contribution in [0.15, 0.2) is 163 Å². The molecule has 0 saturated carbocycles. The van der Waals surface area contributed by atoms with Crippen LogP contribution in [0.1, 0.15) is 67.6 Å². The predicted molar refractivity (Wildman–Crippen MR) is 224 cm³/mol. The number of hydrogen-bond donors (Lipinski definition) is 0. The van der Waals surface area contributed by atoms with E-state index < -0.39 is 0 Å². The van der Waals surface area contributed by atoms with Gasteiger partial charge >= 0.3 is 0 Å². The van der Waals surface area contributed by atoms with Crippen LogP contribution in [-0.2, 0) is 6.42 Å². The molecule has 256 valence electrons. The van der Waals surface area contributed by atoms with Crippen LogP contribution < -0.4 is 0 Å². The van der Waals surface area contributed by atoms with Gasteiger partial charge in [0.25, 0.3) is 0 Å². The highest BCUT2D eigenvalue weighted by atomic mass is 15.0. The van der Waals surface area contributed by atoms with E-state index in [0.717, 1.165) is 19.3 Å². The highest BCUT2D eigenvalue weighted by Gasteiger charge is 2.27. The van der Waals surface area contributed by atoms with Gasteiger partial charge in [-0.2, -0.15) is 0 Å². The third kappa shape index (κ3) is 5.89. The van der Waals surface area contributed by atoms with Crippen LogP contribution in [-0.4, -0.2) is 9.13 Å². The Kier molecular flexibility index (Phi) is 9.22. The summed E-state index contributed by atoms with van der Waals surface area (Å²) in [7, 11) is 0. The van der Waals surface area contributed by atoms with Crippen molar-refractivity contribution in [2.75, 3.05) is 0 Å². The third-order valence-electron chi connectivity index (χ3n) is 10.8.